The highest BCUT2D eigenvalue weighted by molar-refractivity contribution is 5.96. The van der Waals surface area contributed by atoms with Crippen molar-refractivity contribution in [1.82, 2.24) is 31.5 Å². The van der Waals surface area contributed by atoms with Crippen LogP contribution >= 0.6 is 0 Å². The maximum absolute atomic E-state index is 15.1. The molecule has 1 saturated heterocycles. The number of fused-ring (bicyclic) bond motifs is 1. The third kappa shape index (κ3) is 8.06. The largest absolute Gasteiger partial charge is 0.381 e. The van der Waals surface area contributed by atoms with E-state index in [0.29, 0.717) is 25.8 Å². The number of nitrogens with zero attached hydrogens (tertiary/aromatic N) is 1. The number of carbonyl (C=O) groups excluding carboxylic acids is 5. The Morgan fingerprint density at radius 3 is 2.05 bits per heavy atom. The zero-order chi connectivity index (χ0) is 39.9. The minimum atomic E-state index is -1.40. The molecule has 6 rings (SSSR count). The molecule has 12 heteroatoms. The predicted octanol–water partition coefficient (Wildman–Crippen LogP) is 4.08. The highest BCUT2D eigenvalue weighted by atomic mass is 16.3. The molecule has 55 heavy (non-hydrogen) atoms. The van der Waals surface area contributed by atoms with Gasteiger partial charge < -0.3 is 36.6 Å². The van der Waals surface area contributed by atoms with Gasteiger partial charge in [0.05, 0.1) is 6.04 Å². The Hall–Kier alpha value is -2.73. The maximum Gasteiger partial charge on any atom is 0.251 e. The van der Waals surface area contributed by atoms with Crippen molar-refractivity contribution in [3.63, 3.8) is 0 Å². The summed E-state index contributed by atoms with van der Waals surface area (Å²) in [4.78, 5) is 72.6. The van der Waals surface area contributed by atoms with E-state index in [9.17, 15) is 24.3 Å². The van der Waals surface area contributed by atoms with E-state index in [4.69, 9.17) is 0 Å². The first-order valence-corrected chi connectivity index (χ1v) is 21.9. The predicted molar refractivity (Wildman–Crippen MR) is 211 cm³/mol. The molecule has 12 nitrogen and oxygen atoms in total. The lowest BCUT2D eigenvalue weighted by Crippen LogP contribution is -2.62. The molecule has 6 N–H and O–H groups in total. The van der Waals surface area contributed by atoms with Gasteiger partial charge in [0.2, 0.25) is 23.6 Å². The van der Waals surface area contributed by atoms with E-state index in [1.807, 2.05) is 34.7 Å². The van der Waals surface area contributed by atoms with Crippen molar-refractivity contribution in [2.45, 2.75) is 193 Å². The Morgan fingerprint density at radius 2 is 1.49 bits per heavy atom. The number of carbonyl (C=O) groups is 5. The van der Waals surface area contributed by atoms with Gasteiger partial charge in [-0.2, -0.15) is 0 Å². The molecule has 310 valence electrons. The summed E-state index contributed by atoms with van der Waals surface area (Å²) in [5, 5.41) is 26.7. The van der Waals surface area contributed by atoms with Crippen molar-refractivity contribution < 1.29 is 29.1 Å². The van der Waals surface area contributed by atoms with Crippen LogP contribution < -0.4 is 26.6 Å². The average molecular weight is 769 g/mol. The fraction of sp³-hybridized carbons (Fsp3) is 0.884. The highest BCUT2D eigenvalue weighted by Crippen LogP contribution is 2.88. The van der Waals surface area contributed by atoms with Gasteiger partial charge >= 0.3 is 0 Å². The van der Waals surface area contributed by atoms with Gasteiger partial charge in [-0.05, 0) is 99.8 Å². The molecule has 0 aromatic heterocycles. The second kappa shape index (κ2) is 16.3. The standard InChI is InChI=1S/C43H72N6O6/c1-8-14-30(33(50)38(54)45-28-19-20-28)46-36(52)31-24-43(41(5,6)42(43)21-13-22-42)25-49(31)39(55)34(40(2,3)4)48-37(53)32(26-15-10-9-11-16-26)47-35(51)27-17-12-18-29(23-27)44-7/h26-34,44,50H,8-25H2,1-7H3,(H,45,54)(H,46,52)(H,47,51)(H,48,53)/t27-,29?,30+,31+,32+,33?,34-,43-/m1/s1. The Bertz CT molecular complexity index is 1450. The zero-order valence-electron chi connectivity index (χ0n) is 34.9. The molecule has 5 amide bonds. The van der Waals surface area contributed by atoms with E-state index in [0.717, 1.165) is 89.9 Å². The summed E-state index contributed by atoms with van der Waals surface area (Å²) in [5.74, 6) is -1.74. The Labute approximate surface area is 329 Å². The van der Waals surface area contributed by atoms with Crippen LogP contribution in [0.1, 0.15) is 151 Å². The third-order valence-electron chi connectivity index (χ3n) is 15.5. The lowest BCUT2D eigenvalue weighted by atomic mass is 9.73. The van der Waals surface area contributed by atoms with Crippen LogP contribution in [0.3, 0.4) is 0 Å². The summed E-state index contributed by atoms with van der Waals surface area (Å²) in [6.45, 7) is 12.7. The van der Waals surface area contributed by atoms with E-state index < -0.39 is 41.6 Å². The van der Waals surface area contributed by atoms with Gasteiger partial charge in [-0.15, -0.1) is 0 Å². The topological polar surface area (TPSA) is 169 Å². The van der Waals surface area contributed by atoms with E-state index in [-0.39, 0.29) is 63.8 Å². The molecular formula is C43H72N6O6. The molecule has 2 spiro atoms. The van der Waals surface area contributed by atoms with E-state index in [1.165, 1.54) is 0 Å². The minimum Gasteiger partial charge on any atom is -0.381 e. The number of hydrogen-bond donors (Lipinski definition) is 6. The average Bonchev–Trinajstić information content (AvgIpc) is 3.96. The molecule has 1 heterocycles. The van der Waals surface area contributed by atoms with Crippen molar-refractivity contribution in [2.24, 2.45) is 33.5 Å². The summed E-state index contributed by atoms with van der Waals surface area (Å²) in [5.41, 5.74) is -0.958. The van der Waals surface area contributed by atoms with Crippen LogP contribution in [0.5, 0.6) is 0 Å². The van der Waals surface area contributed by atoms with Crippen molar-refractivity contribution in [1.29, 1.82) is 0 Å². The number of hydrogen-bond acceptors (Lipinski definition) is 7. The molecule has 6 aliphatic rings. The Balaban J connectivity index is 1.24. The van der Waals surface area contributed by atoms with Gasteiger partial charge in [0.1, 0.15) is 18.1 Å². The molecule has 0 aromatic rings. The quantitative estimate of drug-likeness (QED) is 0.155. The second-order valence-electron chi connectivity index (χ2n) is 20.0. The Kier molecular flexibility index (Phi) is 12.4. The van der Waals surface area contributed by atoms with Crippen LogP contribution in [0.25, 0.3) is 0 Å². The van der Waals surface area contributed by atoms with Gasteiger partial charge in [0.25, 0.3) is 5.91 Å². The number of nitrogens with one attached hydrogen (secondary N) is 5. The van der Waals surface area contributed by atoms with E-state index >= 15 is 4.79 Å². The highest BCUT2D eigenvalue weighted by Gasteiger charge is 2.85. The van der Waals surface area contributed by atoms with Crippen LogP contribution in [0.15, 0.2) is 0 Å². The normalized spacial score (nSPS) is 30.8. The summed E-state index contributed by atoms with van der Waals surface area (Å²) < 4.78 is 0. The summed E-state index contributed by atoms with van der Waals surface area (Å²) in [6, 6.07) is -2.95. The molecule has 5 saturated carbocycles. The number of aliphatic hydroxyl groups is 1. The number of amides is 5. The fourth-order valence-electron chi connectivity index (χ4n) is 11.5. The zero-order valence-corrected chi connectivity index (χ0v) is 34.9. The van der Waals surface area contributed by atoms with E-state index in [1.54, 1.807) is 4.90 Å². The lowest BCUT2D eigenvalue weighted by Gasteiger charge is -2.38. The number of likely N-dealkylation sites (tertiary alicyclic amines) is 1. The van der Waals surface area contributed by atoms with Crippen LogP contribution in [-0.2, 0) is 24.0 Å². The van der Waals surface area contributed by atoms with Gasteiger partial charge in [-0.1, -0.05) is 80.1 Å². The third-order valence-corrected chi connectivity index (χ3v) is 15.5. The van der Waals surface area contributed by atoms with Gasteiger partial charge in [0.15, 0.2) is 6.10 Å². The molecular weight excluding hydrogens is 697 g/mol. The molecule has 5 aliphatic carbocycles. The summed E-state index contributed by atoms with van der Waals surface area (Å²) in [6.07, 6.45) is 13.5. The first-order chi connectivity index (χ1) is 26.0. The molecule has 0 aromatic carbocycles. The van der Waals surface area contributed by atoms with Gasteiger partial charge in [-0.25, -0.2) is 0 Å². The van der Waals surface area contributed by atoms with Gasteiger partial charge in [0, 0.05) is 30.0 Å². The SMILES string of the molecule is CCC[C@H](NC(=O)[C@@H]1C[C@@]2(CN1C(=O)[C@@H](NC(=O)[C@@H](NC(=O)[C@@H]1CCCC(NC)C1)C1CCCCC1)C(C)(C)C)C(C)(C)C21CCC1)C(O)C(=O)NC1CC1. The van der Waals surface area contributed by atoms with Crippen molar-refractivity contribution in [3.8, 4) is 0 Å². The lowest BCUT2D eigenvalue weighted by molar-refractivity contribution is -0.145. The first-order valence-electron chi connectivity index (χ1n) is 21.9. The van der Waals surface area contributed by atoms with Crippen LogP contribution in [-0.4, -0.2) is 95.5 Å². The second-order valence-corrected chi connectivity index (χ2v) is 20.0. The first kappa shape index (κ1) is 41.9. The molecule has 1 aliphatic heterocycles. The van der Waals surface area contributed by atoms with Crippen molar-refractivity contribution >= 4 is 29.5 Å². The van der Waals surface area contributed by atoms with Crippen molar-refractivity contribution in [3.05, 3.63) is 0 Å². The molecule has 0 bridgehead atoms. The van der Waals surface area contributed by atoms with Crippen LogP contribution in [0.4, 0.5) is 0 Å². The summed E-state index contributed by atoms with van der Waals surface area (Å²) in [7, 11) is 1.93. The maximum atomic E-state index is 15.1. The van der Waals surface area contributed by atoms with Crippen LogP contribution in [0.2, 0.25) is 0 Å². The fourth-order valence-corrected chi connectivity index (χ4v) is 11.5. The molecule has 2 unspecified atom stereocenters. The number of aliphatic hydroxyl groups excluding tert-OH is 1. The monoisotopic (exact) mass is 769 g/mol. The molecule has 6 fully saturated rings. The van der Waals surface area contributed by atoms with Gasteiger partial charge in [-0.3, -0.25) is 24.0 Å². The van der Waals surface area contributed by atoms with Crippen LogP contribution in [0, 0.1) is 33.5 Å². The smallest absolute Gasteiger partial charge is 0.251 e. The number of rotatable bonds is 14. The molecule has 8 atom stereocenters. The van der Waals surface area contributed by atoms with E-state index in [2.05, 4.69) is 40.4 Å². The Morgan fingerprint density at radius 1 is 0.800 bits per heavy atom. The summed E-state index contributed by atoms with van der Waals surface area (Å²) >= 11 is 0. The minimum absolute atomic E-state index is 0.0181. The molecule has 0 radical (unpaired) electrons. The van der Waals surface area contributed by atoms with Crippen molar-refractivity contribution in [2.75, 3.05) is 13.6 Å².